The first-order valence-electron chi connectivity index (χ1n) is 7.47. The SMILES string of the molecule is O=C(O)COc1c(Br)cc(/C=N\Nc2ccc(C(F)(F)F)cc2[N+](=O)[O-])cc1I. The van der Waals surface area contributed by atoms with Crippen LogP contribution in [-0.2, 0) is 11.0 Å². The van der Waals surface area contributed by atoms with Crippen molar-refractivity contribution in [3.8, 4) is 5.75 Å². The predicted octanol–water partition coefficient (Wildman–Crippen LogP) is 4.89. The van der Waals surface area contributed by atoms with Crippen LogP contribution in [-0.4, -0.2) is 28.8 Å². The molecular formula is C16H10BrF3IN3O5. The summed E-state index contributed by atoms with van der Waals surface area (Å²) in [5, 5.41) is 23.5. The van der Waals surface area contributed by atoms with E-state index in [1.54, 1.807) is 12.1 Å². The van der Waals surface area contributed by atoms with E-state index in [-0.39, 0.29) is 5.69 Å². The number of benzene rings is 2. The molecule has 0 aliphatic carbocycles. The Morgan fingerprint density at radius 3 is 2.62 bits per heavy atom. The molecule has 2 aromatic carbocycles. The molecular weight excluding hydrogens is 578 g/mol. The van der Waals surface area contributed by atoms with Crippen molar-refractivity contribution in [1.82, 2.24) is 0 Å². The highest BCUT2D eigenvalue weighted by atomic mass is 127. The van der Waals surface area contributed by atoms with Crippen LogP contribution in [0.2, 0.25) is 0 Å². The minimum absolute atomic E-state index is 0.213. The summed E-state index contributed by atoms with van der Waals surface area (Å²) in [5.41, 5.74) is 0.738. The van der Waals surface area contributed by atoms with Crippen molar-refractivity contribution in [3.05, 3.63) is 59.6 Å². The number of carboxylic acid groups (broad SMARTS) is 1. The predicted molar refractivity (Wildman–Crippen MR) is 109 cm³/mol. The van der Waals surface area contributed by atoms with E-state index in [2.05, 4.69) is 26.5 Å². The molecule has 0 aromatic heterocycles. The van der Waals surface area contributed by atoms with E-state index in [9.17, 15) is 28.1 Å². The molecule has 0 saturated heterocycles. The van der Waals surface area contributed by atoms with Crippen molar-refractivity contribution in [3.63, 3.8) is 0 Å². The molecule has 0 amide bonds. The summed E-state index contributed by atoms with van der Waals surface area (Å²) in [6, 6.07) is 5.21. The first-order valence-corrected chi connectivity index (χ1v) is 9.34. The van der Waals surface area contributed by atoms with Crippen LogP contribution in [0.3, 0.4) is 0 Å². The monoisotopic (exact) mass is 587 g/mol. The number of nitro benzene ring substituents is 1. The highest BCUT2D eigenvalue weighted by Gasteiger charge is 2.33. The van der Waals surface area contributed by atoms with Gasteiger partial charge in [0.05, 0.1) is 24.7 Å². The Morgan fingerprint density at radius 2 is 2.07 bits per heavy atom. The number of anilines is 1. The molecule has 0 heterocycles. The topological polar surface area (TPSA) is 114 Å². The first-order chi connectivity index (χ1) is 13.5. The maximum Gasteiger partial charge on any atom is 0.416 e. The largest absolute Gasteiger partial charge is 0.480 e. The van der Waals surface area contributed by atoms with E-state index >= 15 is 0 Å². The van der Waals surface area contributed by atoms with E-state index in [1.165, 1.54) is 6.21 Å². The van der Waals surface area contributed by atoms with Crippen molar-refractivity contribution >= 4 is 62.1 Å². The van der Waals surface area contributed by atoms with Gasteiger partial charge in [-0.25, -0.2) is 4.79 Å². The Balaban J connectivity index is 2.21. The quantitative estimate of drug-likeness (QED) is 0.206. The number of rotatable bonds is 7. The van der Waals surface area contributed by atoms with Crippen molar-refractivity contribution in [2.45, 2.75) is 6.18 Å². The maximum atomic E-state index is 12.7. The van der Waals surface area contributed by atoms with Crippen LogP contribution in [0.15, 0.2) is 39.9 Å². The van der Waals surface area contributed by atoms with Gasteiger partial charge >= 0.3 is 12.1 Å². The molecule has 154 valence electrons. The minimum Gasteiger partial charge on any atom is -0.480 e. The molecule has 0 unspecified atom stereocenters. The standard InChI is InChI=1S/C16H10BrF3IN3O5/c17-10-3-8(4-11(21)15(10)29-7-14(25)26)6-22-23-12-2-1-9(16(18,19)20)5-13(12)24(27)28/h1-6,23H,7H2,(H,25,26)/b22-6-. The maximum absolute atomic E-state index is 12.7. The lowest BCUT2D eigenvalue weighted by molar-refractivity contribution is -0.384. The molecule has 0 fully saturated rings. The molecule has 0 atom stereocenters. The third-order valence-electron chi connectivity index (χ3n) is 3.28. The smallest absolute Gasteiger partial charge is 0.416 e. The van der Waals surface area contributed by atoms with E-state index in [0.717, 1.165) is 6.07 Å². The van der Waals surface area contributed by atoms with Gasteiger partial charge in [-0.3, -0.25) is 15.5 Å². The first kappa shape index (κ1) is 22.9. The van der Waals surface area contributed by atoms with Crippen LogP contribution >= 0.6 is 38.5 Å². The van der Waals surface area contributed by atoms with Gasteiger partial charge in [0.1, 0.15) is 11.4 Å². The van der Waals surface area contributed by atoms with E-state index in [0.29, 0.717) is 31.5 Å². The highest BCUT2D eigenvalue weighted by molar-refractivity contribution is 14.1. The summed E-state index contributed by atoms with van der Waals surface area (Å²) >= 11 is 5.16. The lowest BCUT2D eigenvalue weighted by atomic mass is 10.1. The summed E-state index contributed by atoms with van der Waals surface area (Å²) in [7, 11) is 0. The number of hydrogen-bond donors (Lipinski definition) is 2. The number of alkyl halides is 3. The number of carbonyl (C=O) groups is 1. The molecule has 0 radical (unpaired) electrons. The van der Waals surface area contributed by atoms with Crippen molar-refractivity contribution in [1.29, 1.82) is 0 Å². The molecule has 2 N–H and O–H groups in total. The summed E-state index contributed by atoms with van der Waals surface area (Å²) < 4.78 is 44.3. The van der Waals surface area contributed by atoms with Crippen LogP contribution in [0.4, 0.5) is 24.5 Å². The second-order valence-corrected chi connectivity index (χ2v) is 7.37. The number of nitrogens with one attached hydrogen (secondary N) is 1. The number of nitrogens with zero attached hydrogens (tertiary/aromatic N) is 2. The Labute approximate surface area is 183 Å². The molecule has 0 saturated carbocycles. The van der Waals surface area contributed by atoms with Crippen LogP contribution in [0.25, 0.3) is 0 Å². The Morgan fingerprint density at radius 1 is 1.38 bits per heavy atom. The number of hydrazone groups is 1. The van der Waals surface area contributed by atoms with Gasteiger partial charge in [-0.1, -0.05) is 0 Å². The van der Waals surface area contributed by atoms with Crippen molar-refractivity contribution in [2.75, 3.05) is 12.0 Å². The number of ether oxygens (including phenoxy) is 1. The van der Waals surface area contributed by atoms with Crippen molar-refractivity contribution < 1.29 is 32.7 Å². The second kappa shape index (κ2) is 9.39. The fourth-order valence-electron chi connectivity index (χ4n) is 2.06. The van der Waals surface area contributed by atoms with E-state index < -0.39 is 34.9 Å². The second-order valence-electron chi connectivity index (χ2n) is 5.35. The molecule has 0 bridgehead atoms. The summed E-state index contributed by atoms with van der Waals surface area (Å²) in [5.74, 6) is -0.822. The molecule has 8 nitrogen and oxygen atoms in total. The van der Waals surface area contributed by atoms with Crippen LogP contribution in [0.1, 0.15) is 11.1 Å². The molecule has 29 heavy (non-hydrogen) atoms. The van der Waals surface area contributed by atoms with Gasteiger partial charge in [0.15, 0.2) is 6.61 Å². The lowest BCUT2D eigenvalue weighted by Gasteiger charge is -2.10. The average Bonchev–Trinajstić information content (AvgIpc) is 2.59. The van der Waals surface area contributed by atoms with Crippen LogP contribution in [0, 0.1) is 13.7 Å². The fourth-order valence-corrected chi connectivity index (χ4v) is 3.82. The van der Waals surface area contributed by atoms with Gasteiger partial charge in [0.2, 0.25) is 0 Å². The van der Waals surface area contributed by atoms with Gasteiger partial charge in [0.25, 0.3) is 5.69 Å². The molecule has 0 aliphatic rings. The van der Waals surface area contributed by atoms with E-state index in [4.69, 9.17) is 9.84 Å². The third kappa shape index (κ3) is 6.28. The Kier molecular flexibility index (Phi) is 7.40. The Hall–Kier alpha value is -2.42. The molecule has 13 heteroatoms. The highest BCUT2D eigenvalue weighted by Crippen LogP contribution is 2.35. The minimum atomic E-state index is -4.71. The lowest BCUT2D eigenvalue weighted by Crippen LogP contribution is -2.10. The van der Waals surface area contributed by atoms with Gasteiger partial charge in [-0.2, -0.15) is 18.3 Å². The van der Waals surface area contributed by atoms with Gasteiger partial charge in [-0.15, -0.1) is 0 Å². The van der Waals surface area contributed by atoms with Crippen LogP contribution < -0.4 is 10.2 Å². The summed E-state index contributed by atoms with van der Waals surface area (Å²) in [4.78, 5) is 20.7. The third-order valence-corrected chi connectivity index (χ3v) is 4.67. The molecule has 2 aromatic rings. The summed E-state index contributed by atoms with van der Waals surface area (Å²) in [6.07, 6.45) is -3.42. The average molecular weight is 588 g/mol. The van der Waals surface area contributed by atoms with Gasteiger partial charge < -0.3 is 9.84 Å². The number of hydrogen-bond acceptors (Lipinski definition) is 6. The van der Waals surface area contributed by atoms with Crippen LogP contribution in [0.5, 0.6) is 5.75 Å². The molecule has 0 aliphatic heterocycles. The number of halogens is 5. The zero-order chi connectivity index (χ0) is 21.8. The number of carboxylic acids is 1. The van der Waals surface area contributed by atoms with Gasteiger partial charge in [-0.05, 0) is 68.3 Å². The number of nitro groups is 1. The normalized spacial score (nSPS) is 11.5. The molecule has 0 spiro atoms. The van der Waals surface area contributed by atoms with Gasteiger partial charge in [0, 0.05) is 6.07 Å². The Bertz CT molecular complexity index is 962. The van der Waals surface area contributed by atoms with E-state index in [1.807, 2.05) is 22.6 Å². The fraction of sp³-hybridized carbons (Fsp3) is 0.125. The van der Waals surface area contributed by atoms with Crippen molar-refractivity contribution in [2.24, 2.45) is 5.10 Å². The molecule has 2 rings (SSSR count). The summed E-state index contributed by atoms with van der Waals surface area (Å²) in [6.45, 7) is -0.527. The zero-order valence-electron chi connectivity index (χ0n) is 14.0. The number of aliphatic carboxylic acids is 1. The zero-order valence-corrected chi connectivity index (χ0v) is 17.8.